The van der Waals surface area contributed by atoms with Crippen LogP contribution in [-0.4, -0.2) is 62.5 Å². The van der Waals surface area contributed by atoms with Gasteiger partial charge in [0.2, 0.25) is 5.91 Å². The largest absolute Gasteiger partial charge is 0.355 e. The van der Waals surface area contributed by atoms with E-state index < -0.39 is 15.3 Å². The Morgan fingerprint density at radius 1 is 1.00 bits per heavy atom. The molecule has 3 aliphatic heterocycles. The van der Waals surface area contributed by atoms with Gasteiger partial charge < -0.3 is 20.0 Å². The van der Waals surface area contributed by atoms with Crippen molar-refractivity contribution in [2.45, 2.75) is 30.7 Å². The fraction of sp³-hybridized carbons (Fsp3) is 0.310. The van der Waals surface area contributed by atoms with E-state index in [9.17, 15) is 18.7 Å². The second kappa shape index (κ2) is 9.04. The van der Waals surface area contributed by atoms with Crippen LogP contribution in [0.25, 0.3) is 0 Å². The van der Waals surface area contributed by atoms with Gasteiger partial charge in [-0.25, -0.2) is 0 Å². The molecule has 2 amide bonds. The Kier molecular flexibility index (Phi) is 5.90. The molecule has 3 heterocycles. The predicted molar refractivity (Wildman–Crippen MR) is 153 cm³/mol. The molecule has 0 saturated carbocycles. The number of carbonyl (C=O) groups is 2. The fourth-order valence-electron chi connectivity index (χ4n) is 5.63. The summed E-state index contributed by atoms with van der Waals surface area (Å²) in [6, 6.07) is 23.2. The lowest BCUT2D eigenvalue weighted by molar-refractivity contribution is -0.119. The SMILES string of the molecule is C[C@@H]1C(=O)N(C)c2ccc(Nc3ccc(C(=O)N4CC5(CCS5(O)O)C4)cc3)cc2N1Cc1ccccc1. The number of benzene rings is 3. The molecule has 2 saturated heterocycles. The molecule has 0 bridgehead atoms. The van der Waals surface area contributed by atoms with Crippen LogP contribution >= 0.6 is 10.6 Å². The Morgan fingerprint density at radius 3 is 2.32 bits per heavy atom. The Morgan fingerprint density at radius 2 is 1.68 bits per heavy atom. The molecule has 6 rings (SSSR count). The molecule has 8 nitrogen and oxygen atoms in total. The van der Waals surface area contributed by atoms with Crippen LogP contribution in [0.4, 0.5) is 22.7 Å². The van der Waals surface area contributed by atoms with Gasteiger partial charge in [-0.3, -0.25) is 18.7 Å². The van der Waals surface area contributed by atoms with Crippen molar-refractivity contribution in [1.82, 2.24) is 4.90 Å². The first kappa shape index (κ1) is 24.8. The first-order valence-electron chi connectivity index (χ1n) is 12.8. The molecule has 2 fully saturated rings. The molecule has 3 aromatic carbocycles. The molecule has 0 unspecified atom stereocenters. The predicted octanol–water partition coefficient (Wildman–Crippen LogP) is 5.15. The molecule has 3 aromatic rings. The number of rotatable bonds is 5. The van der Waals surface area contributed by atoms with E-state index in [0.717, 1.165) is 34.7 Å². The van der Waals surface area contributed by atoms with E-state index in [1.807, 2.05) is 56.4 Å². The van der Waals surface area contributed by atoms with E-state index in [0.29, 0.717) is 31.0 Å². The average Bonchev–Trinajstić information content (AvgIpc) is 2.89. The summed E-state index contributed by atoms with van der Waals surface area (Å²) in [4.78, 5) is 31.4. The second-order valence-corrected chi connectivity index (χ2v) is 13.2. The molecule has 3 N–H and O–H groups in total. The number of hydrogen-bond donors (Lipinski definition) is 3. The fourth-order valence-corrected chi connectivity index (χ4v) is 7.51. The minimum atomic E-state index is -2.54. The summed E-state index contributed by atoms with van der Waals surface area (Å²) >= 11 is 0. The minimum absolute atomic E-state index is 0.0601. The van der Waals surface area contributed by atoms with Crippen molar-refractivity contribution in [1.29, 1.82) is 0 Å². The smallest absolute Gasteiger partial charge is 0.254 e. The van der Waals surface area contributed by atoms with Crippen LogP contribution in [0.3, 0.4) is 0 Å². The van der Waals surface area contributed by atoms with Crippen molar-refractivity contribution < 1.29 is 18.7 Å². The molecular formula is C29H32N4O4S. The van der Waals surface area contributed by atoms with Gasteiger partial charge in [0.1, 0.15) is 6.04 Å². The van der Waals surface area contributed by atoms with Crippen LogP contribution in [0.5, 0.6) is 0 Å². The van der Waals surface area contributed by atoms with E-state index in [-0.39, 0.29) is 17.9 Å². The van der Waals surface area contributed by atoms with Gasteiger partial charge in [0, 0.05) is 49.4 Å². The van der Waals surface area contributed by atoms with Crippen LogP contribution in [0.15, 0.2) is 72.8 Å². The summed E-state index contributed by atoms with van der Waals surface area (Å²) in [5, 5.41) is 3.43. The summed E-state index contributed by atoms with van der Waals surface area (Å²) in [5.41, 5.74) is 5.29. The van der Waals surface area contributed by atoms with E-state index in [1.54, 1.807) is 21.9 Å². The standard InChI is InChI=1S/C29H32N4O4S/c1-20-27(34)31(2)25-13-12-24(16-26(25)33(20)17-21-6-4-3-5-7-21)30-23-10-8-22(9-11-23)28(35)32-18-29(19-32)14-15-38(29,36)37/h3-13,16,20,30,36-37H,14-15,17-19H2,1-2H3/t20-/m1/s1. The molecule has 1 spiro atoms. The number of fused-ring (bicyclic) bond motifs is 1. The Bertz CT molecular complexity index is 1390. The first-order valence-corrected chi connectivity index (χ1v) is 14.5. The molecular weight excluding hydrogens is 500 g/mol. The highest BCUT2D eigenvalue weighted by molar-refractivity contribution is 8.26. The third-order valence-corrected chi connectivity index (χ3v) is 10.8. The zero-order valence-corrected chi connectivity index (χ0v) is 22.3. The summed E-state index contributed by atoms with van der Waals surface area (Å²) in [6.07, 6.45) is 0.772. The molecule has 9 heteroatoms. The maximum atomic E-state index is 12.9. The van der Waals surface area contributed by atoms with E-state index >= 15 is 0 Å². The lowest BCUT2D eigenvalue weighted by atomic mass is 9.93. The van der Waals surface area contributed by atoms with Gasteiger partial charge in [0.15, 0.2) is 0 Å². The zero-order chi connectivity index (χ0) is 26.7. The highest BCUT2D eigenvalue weighted by Crippen LogP contribution is 2.67. The number of anilines is 4. The number of hydrogen-bond acceptors (Lipinski definition) is 6. The summed E-state index contributed by atoms with van der Waals surface area (Å²) < 4.78 is 19.7. The molecule has 0 aliphatic carbocycles. The van der Waals surface area contributed by atoms with Crippen molar-refractivity contribution >= 4 is 45.2 Å². The van der Waals surface area contributed by atoms with Crippen LogP contribution in [0.2, 0.25) is 0 Å². The normalized spacial score (nSPS) is 21.8. The van der Waals surface area contributed by atoms with Gasteiger partial charge in [-0.1, -0.05) is 30.3 Å². The number of amides is 2. The lowest BCUT2D eigenvalue weighted by Gasteiger charge is -2.67. The van der Waals surface area contributed by atoms with Gasteiger partial charge in [-0.05, 0) is 61.4 Å². The van der Waals surface area contributed by atoms with Crippen molar-refractivity contribution in [3.8, 4) is 0 Å². The number of likely N-dealkylation sites (tertiary alicyclic amines) is 1. The first-order chi connectivity index (χ1) is 18.2. The monoisotopic (exact) mass is 532 g/mol. The Balaban J connectivity index is 1.18. The highest BCUT2D eigenvalue weighted by Gasteiger charge is 2.60. The molecule has 3 aliphatic rings. The van der Waals surface area contributed by atoms with Gasteiger partial charge in [-0.2, -0.15) is 10.6 Å². The third-order valence-electron chi connectivity index (χ3n) is 8.20. The molecule has 0 radical (unpaired) electrons. The van der Waals surface area contributed by atoms with Gasteiger partial charge in [0.25, 0.3) is 5.91 Å². The number of nitrogens with zero attached hydrogens (tertiary/aromatic N) is 3. The third kappa shape index (κ3) is 4.02. The molecule has 38 heavy (non-hydrogen) atoms. The second-order valence-electron chi connectivity index (χ2n) is 10.6. The lowest BCUT2D eigenvalue weighted by Crippen LogP contribution is -2.70. The van der Waals surface area contributed by atoms with Crippen molar-refractivity contribution in [2.75, 3.05) is 41.0 Å². The maximum absolute atomic E-state index is 12.9. The number of nitrogens with one attached hydrogen (secondary N) is 1. The van der Waals surface area contributed by atoms with Crippen molar-refractivity contribution in [3.05, 3.63) is 83.9 Å². The number of likely N-dealkylation sites (N-methyl/N-ethyl adjacent to an activating group) is 1. The quantitative estimate of drug-likeness (QED) is 0.421. The van der Waals surface area contributed by atoms with Crippen LogP contribution in [-0.2, 0) is 11.3 Å². The highest BCUT2D eigenvalue weighted by atomic mass is 32.3. The Labute approximate surface area is 224 Å². The van der Waals surface area contributed by atoms with Crippen molar-refractivity contribution in [2.24, 2.45) is 0 Å². The van der Waals surface area contributed by atoms with Crippen LogP contribution in [0, 0.1) is 0 Å². The van der Waals surface area contributed by atoms with Crippen LogP contribution in [0.1, 0.15) is 29.3 Å². The van der Waals surface area contributed by atoms with E-state index in [4.69, 9.17) is 0 Å². The van der Waals surface area contributed by atoms with Crippen molar-refractivity contribution in [3.63, 3.8) is 0 Å². The topological polar surface area (TPSA) is 96.4 Å². The average molecular weight is 533 g/mol. The Hall–Kier alpha value is -3.53. The van der Waals surface area contributed by atoms with Gasteiger partial charge in [-0.15, -0.1) is 0 Å². The number of carbonyl (C=O) groups excluding carboxylic acids is 2. The zero-order valence-electron chi connectivity index (χ0n) is 21.5. The minimum Gasteiger partial charge on any atom is -0.355 e. The molecule has 1 atom stereocenters. The van der Waals surface area contributed by atoms with Gasteiger partial charge in [0.05, 0.1) is 16.1 Å². The summed E-state index contributed by atoms with van der Waals surface area (Å²) in [7, 11) is -0.729. The summed E-state index contributed by atoms with van der Waals surface area (Å²) in [6.45, 7) is 3.39. The molecule has 0 aromatic heterocycles. The summed E-state index contributed by atoms with van der Waals surface area (Å²) in [5.74, 6) is 0.425. The van der Waals surface area contributed by atoms with Gasteiger partial charge >= 0.3 is 0 Å². The van der Waals surface area contributed by atoms with Crippen LogP contribution < -0.4 is 15.1 Å². The maximum Gasteiger partial charge on any atom is 0.254 e. The van der Waals surface area contributed by atoms with E-state index in [2.05, 4.69) is 28.4 Å². The van der Waals surface area contributed by atoms with E-state index in [1.165, 1.54) is 0 Å². The molecule has 198 valence electrons.